The largest absolute Gasteiger partial charge is 0.573 e. The summed E-state index contributed by atoms with van der Waals surface area (Å²) in [5, 5.41) is 0. The average molecular weight is 400 g/mol. The van der Waals surface area contributed by atoms with Crippen LogP contribution in [0.15, 0.2) is 12.1 Å². The highest BCUT2D eigenvalue weighted by molar-refractivity contribution is 5.53. The highest BCUT2D eigenvalue weighted by Gasteiger charge is 2.34. The Bertz CT molecular complexity index is 618. The molecule has 0 unspecified atom stereocenters. The van der Waals surface area contributed by atoms with Crippen LogP contribution < -0.4 is 14.2 Å². The molecule has 2 aliphatic carbocycles. The van der Waals surface area contributed by atoms with Gasteiger partial charge in [0.05, 0.1) is 13.2 Å². The van der Waals surface area contributed by atoms with E-state index in [1.807, 2.05) is 0 Å². The van der Waals surface area contributed by atoms with Crippen LogP contribution >= 0.6 is 0 Å². The second-order valence-corrected chi connectivity index (χ2v) is 8.14. The van der Waals surface area contributed by atoms with Crippen molar-refractivity contribution in [2.24, 2.45) is 11.8 Å². The Kier molecular flexibility index (Phi) is 7.36. The van der Waals surface area contributed by atoms with E-state index >= 15 is 0 Å². The highest BCUT2D eigenvalue weighted by atomic mass is 19.4. The summed E-state index contributed by atoms with van der Waals surface area (Å²) in [5.41, 5.74) is 0.335. The van der Waals surface area contributed by atoms with Gasteiger partial charge >= 0.3 is 6.36 Å². The Hall–Kier alpha value is -1.59. The molecule has 0 N–H and O–H groups in total. The molecule has 0 bridgehead atoms. The minimum Gasteiger partial charge on any atom is -0.493 e. The van der Waals surface area contributed by atoms with Gasteiger partial charge in [-0.25, -0.2) is 0 Å². The fraction of sp³-hybridized carbons (Fsp3) is 0.727. The van der Waals surface area contributed by atoms with Crippen LogP contribution in [0, 0.1) is 18.8 Å². The van der Waals surface area contributed by atoms with Gasteiger partial charge in [0.1, 0.15) is 5.75 Å². The molecule has 2 aliphatic rings. The first-order valence-corrected chi connectivity index (χ1v) is 10.6. The third-order valence-corrected chi connectivity index (χ3v) is 6.05. The van der Waals surface area contributed by atoms with Gasteiger partial charge in [-0.3, -0.25) is 0 Å². The Balaban J connectivity index is 1.63. The summed E-state index contributed by atoms with van der Waals surface area (Å²) in [4.78, 5) is 0. The van der Waals surface area contributed by atoms with Crippen molar-refractivity contribution in [3.8, 4) is 17.2 Å². The maximum absolute atomic E-state index is 12.9. The summed E-state index contributed by atoms with van der Waals surface area (Å²) in [6.07, 6.45) is 6.84. The van der Waals surface area contributed by atoms with Crippen LogP contribution in [0.3, 0.4) is 0 Å². The lowest BCUT2D eigenvalue weighted by atomic mass is 10.1. The lowest BCUT2D eigenvalue weighted by Gasteiger charge is -2.20. The van der Waals surface area contributed by atoms with Crippen LogP contribution in [0.1, 0.15) is 69.8 Å². The molecule has 3 nitrogen and oxygen atoms in total. The van der Waals surface area contributed by atoms with E-state index in [0.717, 1.165) is 12.8 Å². The molecule has 1 aromatic rings. The maximum Gasteiger partial charge on any atom is 0.573 e. The normalized spacial score (nSPS) is 18.6. The molecule has 0 saturated heterocycles. The highest BCUT2D eigenvalue weighted by Crippen LogP contribution is 2.40. The Labute approximate surface area is 165 Å². The third kappa shape index (κ3) is 6.21. The number of halogens is 3. The van der Waals surface area contributed by atoms with Crippen LogP contribution in [0.25, 0.3) is 0 Å². The van der Waals surface area contributed by atoms with Crippen molar-refractivity contribution in [2.45, 2.75) is 77.5 Å². The molecule has 0 heterocycles. The van der Waals surface area contributed by atoms with Crippen LogP contribution in [0.2, 0.25) is 0 Å². The van der Waals surface area contributed by atoms with Gasteiger partial charge < -0.3 is 14.2 Å². The number of alkyl halides is 3. The fourth-order valence-electron chi connectivity index (χ4n) is 4.43. The van der Waals surface area contributed by atoms with Crippen molar-refractivity contribution in [1.82, 2.24) is 0 Å². The van der Waals surface area contributed by atoms with E-state index < -0.39 is 6.36 Å². The van der Waals surface area contributed by atoms with Crippen LogP contribution in [-0.2, 0) is 0 Å². The molecule has 0 spiro atoms. The van der Waals surface area contributed by atoms with E-state index in [1.54, 1.807) is 13.0 Å². The van der Waals surface area contributed by atoms with Gasteiger partial charge in [0.25, 0.3) is 0 Å². The first-order valence-electron chi connectivity index (χ1n) is 10.6. The first-order chi connectivity index (χ1) is 13.4. The summed E-state index contributed by atoms with van der Waals surface area (Å²) in [6, 6.07) is 3.23. The number of rotatable bonds is 9. The smallest absolute Gasteiger partial charge is 0.493 e. The van der Waals surface area contributed by atoms with Gasteiger partial charge in [-0.2, -0.15) is 0 Å². The molecule has 2 fully saturated rings. The van der Waals surface area contributed by atoms with E-state index in [9.17, 15) is 13.2 Å². The molecule has 2 saturated carbocycles. The molecule has 0 aliphatic heterocycles. The topological polar surface area (TPSA) is 27.7 Å². The van der Waals surface area contributed by atoms with Gasteiger partial charge in [0.2, 0.25) is 0 Å². The number of hydrogen-bond donors (Lipinski definition) is 0. The van der Waals surface area contributed by atoms with Gasteiger partial charge in [-0.05, 0) is 43.7 Å². The molecule has 0 aromatic heterocycles. The van der Waals surface area contributed by atoms with Gasteiger partial charge in [-0.1, -0.05) is 51.4 Å². The van der Waals surface area contributed by atoms with E-state index in [2.05, 4.69) is 4.74 Å². The second kappa shape index (κ2) is 9.75. The monoisotopic (exact) mass is 400 g/mol. The van der Waals surface area contributed by atoms with Gasteiger partial charge in [-0.15, -0.1) is 13.2 Å². The van der Waals surface area contributed by atoms with Crippen molar-refractivity contribution in [3.63, 3.8) is 0 Å². The second-order valence-electron chi connectivity index (χ2n) is 8.14. The summed E-state index contributed by atoms with van der Waals surface area (Å²) in [7, 11) is 0. The Morgan fingerprint density at radius 1 is 0.821 bits per heavy atom. The first kappa shape index (κ1) is 21.1. The van der Waals surface area contributed by atoms with E-state index in [-0.39, 0.29) is 11.5 Å². The average Bonchev–Trinajstić information content (AvgIpc) is 3.32. The molecular formula is C22H31F3O3. The Morgan fingerprint density at radius 3 is 1.79 bits per heavy atom. The zero-order chi connectivity index (χ0) is 20.0. The maximum atomic E-state index is 12.9. The van der Waals surface area contributed by atoms with E-state index in [0.29, 0.717) is 36.4 Å². The van der Waals surface area contributed by atoms with E-state index in [1.165, 1.54) is 57.4 Å². The SMILES string of the molecule is Cc1c(OCCC2CCCC2)ccc(OCCC2CCCC2)c1OC(F)(F)F. The molecule has 6 heteroatoms. The number of hydrogen-bond acceptors (Lipinski definition) is 3. The molecule has 0 atom stereocenters. The minimum atomic E-state index is -4.77. The lowest BCUT2D eigenvalue weighted by Crippen LogP contribution is -2.19. The molecule has 1 aromatic carbocycles. The quantitative estimate of drug-likeness (QED) is 0.456. The third-order valence-electron chi connectivity index (χ3n) is 6.05. The van der Waals surface area contributed by atoms with Crippen LogP contribution in [-0.4, -0.2) is 19.6 Å². The fourth-order valence-corrected chi connectivity index (χ4v) is 4.43. The number of ether oxygens (including phenoxy) is 3. The van der Waals surface area contributed by atoms with Crippen molar-refractivity contribution in [2.75, 3.05) is 13.2 Å². The molecule has 3 rings (SSSR count). The van der Waals surface area contributed by atoms with Gasteiger partial charge in [0.15, 0.2) is 11.5 Å². The standard InChI is InChI=1S/C22H31F3O3/c1-16-19(26-14-12-17-6-2-3-7-17)10-11-20(21(16)28-22(23,24)25)27-15-13-18-8-4-5-9-18/h10-11,17-18H,2-9,12-15H2,1H3. The van der Waals surface area contributed by atoms with Gasteiger partial charge in [0, 0.05) is 5.56 Å². The molecule has 0 amide bonds. The zero-order valence-electron chi connectivity index (χ0n) is 16.7. The summed E-state index contributed by atoms with van der Waals surface area (Å²) < 4.78 is 54.6. The van der Waals surface area contributed by atoms with Crippen molar-refractivity contribution >= 4 is 0 Å². The molecule has 28 heavy (non-hydrogen) atoms. The zero-order valence-corrected chi connectivity index (χ0v) is 16.7. The molecular weight excluding hydrogens is 369 g/mol. The van der Waals surface area contributed by atoms with Crippen molar-refractivity contribution < 1.29 is 27.4 Å². The van der Waals surface area contributed by atoms with Crippen molar-refractivity contribution in [3.05, 3.63) is 17.7 Å². The Morgan fingerprint density at radius 2 is 1.29 bits per heavy atom. The predicted molar refractivity (Wildman–Crippen MR) is 102 cm³/mol. The van der Waals surface area contributed by atoms with Crippen LogP contribution in [0.4, 0.5) is 13.2 Å². The number of benzene rings is 1. The van der Waals surface area contributed by atoms with Crippen molar-refractivity contribution in [1.29, 1.82) is 0 Å². The summed E-state index contributed by atoms with van der Waals surface area (Å²) in [6.45, 7) is 2.51. The minimum absolute atomic E-state index is 0.135. The predicted octanol–water partition coefficient (Wildman–Crippen LogP) is 6.81. The summed E-state index contributed by atoms with van der Waals surface area (Å²) >= 11 is 0. The molecule has 158 valence electrons. The molecule has 0 radical (unpaired) electrons. The summed E-state index contributed by atoms with van der Waals surface area (Å²) in [5.74, 6) is 1.57. The van der Waals surface area contributed by atoms with Crippen LogP contribution in [0.5, 0.6) is 17.2 Å². The lowest BCUT2D eigenvalue weighted by molar-refractivity contribution is -0.275. The van der Waals surface area contributed by atoms with E-state index in [4.69, 9.17) is 9.47 Å².